The maximum Gasteiger partial charge on any atom is 0.251 e. The minimum absolute atomic E-state index is 0.200. The van der Waals surface area contributed by atoms with Crippen molar-refractivity contribution in [3.05, 3.63) is 53.8 Å². The van der Waals surface area contributed by atoms with Crippen molar-refractivity contribution in [2.24, 2.45) is 0 Å². The smallest absolute Gasteiger partial charge is 0.251 e. The first kappa shape index (κ1) is 18.3. The van der Waals surface area contributed by atoms with Gasteiger partial charge in [0.1, 0.15) is 5.82 Å². The first-order valence-corrected chi connectivity index (χ1v) is 9.39. The van der Waals surface area contributed by atoms with Gasteiger partial charge in [0.2, 0.25) is 5.91 Å². The lowest BCUT2D eigenvalue weighted by Gasteiger charge is -2.31. The number of hydrogen-bond donors (Lipinski definition) is 2. The molecule has 6 nitrogen and oxygen atoms in total. The Kier molecular flexibility index (Phi) is 4.90. The lowest BCUT2D eigenvalue weighted by atomic mass is 9.94. The molecule has 1 fully saturated rings. The van der Waals surface area contributed by atoms with Crippen LogP contribution in [0.15, 0.2) is 42.5 Å². The molecule has 1 saturated carbocycles. The molecule has 0 radical (unpaired) electrons. The van der Waals surface area contributed by atoms with Crippen LogP contribution in [0.3, 0.4) is 0 Å². The quantitative estimate of drug-likeness (QED) is 0.844. The maximum atomic E-state index is 12.9. The van der Waals surface area contributed by atoms with Gasteiger partial charge in [-0.3, -0.25) is 9.59 Å². The molecular formula is C21H21FN2O4. The summed E-state index contributed by atoms with van der Waals surface area (Å²) in [7, 11) is 0. The summed E-state index contributed by atoms with van der Waals surface area (Å²) in [6, 6.07) is 10.4. The van der Waals surface area contributed by atoms with E-state index in [0.29, 0.717) is 17.2 Å². The van der Waals surface area contributed by atoms with Gasteiger partial charge in [0, 0.05) is 30.2 Å². The molecule has 146 valence electrons. The summed E-state index contributed by atoms with van der Waals surface area (Å²) in [4.78, 5) is 24.1. The summed E-state index contributed by atoms with van der Waals surface area (Å²) >= 11 is 0. The van der Waals surface area contributed by atoms with Gasteiger partial charge in [-0.25, -0.2) is 4.39 Å². The largest absolute Gasteiger partial charge is 0.448 e. The van der Waals surface area contributed by atoms with Gasteiger partial charge in [0.05, 0.1) is 6.54 Å². The number of amides is 2. The molecule has 7 heteroatoms. The zero-order valence-electron chi connectivity index (χ0n) is 15.3. The Morgan fingerprint density at radius 2 is 1.68 bits per heavy atom. The molecule has 1 aliphatic heterocycles. The second-order valence-electron chi connectivity index (χ2n) is 7.07. The topological polar surface area (TPSA) is 76.7 Å². The number of halogens is 1. The summed E-state index contributed by atoms with van der Waals surface area (Å²) in [5, 5.41) is 5.24. The number of ether oxygens (including phenoxy) is 2. The number of fused-ring (bicyclic) bond motifs is 1. The Morgan fingerprint density at radius 1 is 0.964 bits per heavy atom. The zero-order chi connectivity index (χ0) is 19.6. The van der Waals surface area contributed by atoms with Crippen molar-refractivity contribution in [3.8, 4) is 11.5 Å². The van der Waals surface area contributed by atoms with Crippen LogP contribution in [-0.2, 0) is 4.79 Å². The van der Waals surface area contributed by atoms with E-state index in [9.17, 15) is 14.0 Å². The number of benzene rings is 2. The molecule has 2 amide bonds. The third-order valence-electron chi connectivity index (χ3n) is 4.95. The standard InChI is InChI=1S/C21H21FN2O4/c22-15-6-4-14(5-7-15)20(26)23-13-19(25)24-16-8-9-17-18(12-16)28-21(27-17)10-2-1-3-11-21/h4-9,12H,1-3,10-11,13H2,(H,23,26)(H,24,25). The van der Waals surface area contributed by atoms with E-state index in [1.54, 1.807) is 18.2 Å². The van der Waals surface area contributed by atoms with Crippen LogP contribution in [0.1, 0.15) is 42.5 Å². The summed E-state index contributed by atoms with van der Waals surface area (Å²) in [5.41, 5.74) is 0.853. The molecule has 0 saturated heterocycles. The van der Waals surface area contributed by atoms with Gasteiger partial charge >= 0.3 is 0 Å². The molecule has 2 aliphatic rings. The summed E-state index contributed by atoms with van der Waals surface area (Å²) in [6.45, 7) is -0.200. The molecule has 2 N–H and O–H groups in total. The number of hydrogen-bond acceptors (Lipinski definition) is 4. The lowest BCUT2D eigenvalue weighted by molar-refractivity contribution is -0.115. The van der Waals surface area contributed by atoms with Crippen LogP contribution < -0.4 is 20.1 Å². The number of carbonyl (C=O) groups is 2. The Bertz CT molecular complexity index is 892. The van der Waals surface area contributed by atoms with Crippen molar-refractivity contribution < 1.29 is 23.5 Å². The molecule has 1 spiro atoms. The van der Waals surface area contributed by atoms with E-state index in [-0.39, 0.29) is 18.0 Å². The minimum atomic E-state index is -0.563. The number of rotatable bonds is 4. The lowest BCUT2D eigenvalue weighted by Crippen LogP contribution is -2.40. The highest BCUT2D eigenvalue weighted by Gasteiger charge is 2.42. The van der Waals surface area contributed by atoms with Crippen molar-refractivity contribution in [1.29, 1.82) is 0 Å². The van der Waals surface area contributed by atoms with E-state index in [2.05, 4.69) is 10.6 Å². The zero-order valence-corrected chi connectivity index (χ0v) is 15.3. The van der Waals surface area contributed by atoms with E-state index in [0.717, 1.165) is 25.7 Å². The monoisotopic (exact) mass is 384 g/mol. The Labute approximate surface area is 162 Å². The van der Waals surface area contributed by atoms with Crippen LogP contribution >= 0.6 is 0 Å². The average Bonchev–Trinajstić information content (AvgIpc) is 3.03. The van der Waals surface area contributed by atoms with Crippen LogP contribution in [0.5, 0.6) is 11.5 Å². The molecule has 1 heterocycles. The van der Waals surface area contributed by atoms with Crippen molar-refractivity contribution in [2.75, 3.05) is 11.9 Å². The van der Waals surface area contributed by atoms with Gasteiger partial charge in [-0.2, -0.15) is 0 Å². The fourth-order valence-electron chi connectivity index (χ4n) is 3.54. The maximum absolute atomic E-state index is 12.9. The van der Waals surface area contributed by atoms with Gasteiger partial charge in [0.15, 0.2) is 11.5 Å². The highest BCUT2D eigenvalue weighted by Crippen LogP contribution is 2.46. The Balaban J connectivity index is 1.32. The molecule has 28 heavy (non-hydrogen) atoms. The fourth-order valence-corrected chi connectivity index (χ4v) is 3.54. The van der Waals surface area contributed by atoms with Crippen LogP contribution in [0.2, 0.25) is 0 Å². The predicted molar refractivity (Wildman–Crippen MR) is 101 cm³/mol. The number of nitrogens with one attached hydrogen (secondary N) is 2. The fraction of sp³-hybridized carbons (Fsp3) is 0.333. The average molecular weight is 384 g/mol. The Hall–Kier alpha value is -3.09. The highest BCUT2D eigenvalue weighted by atomic mass is 19.1. The van der Waals surface area contributed by atoms with Gasteiger partial charge in [-0.15, -0.1) is 0 Å². The van der Waals surface area contributed by atoms with Crippen LogP contribution in [-0.4, -0.2) is 24.1 Å². The first-order chi connectivity index (χ1) is 13.5. The van der Waals surface area contributed by atoms with Crippen molar-refractivity contribution in [3.63, 3.8) is 0 Å². The molecule has 0 atom stereocenters. The third-order valence-corrected chi connectivity index (χ3v) is 4.95. The van der Waals surface area contributed by atoms with Crippen molar-refractivity contribution >= 4 is 17.5 Å². The Morgan fingerprint density at radius 3 is 2.43 bits per heavy atom. The summed E-state index contributed by atoms with van der Waals surface area (Å²) in [6.07, 6.45) is 5.06. The molecule has 2 aromatic carbocycles. The highest BCUT2D eigenvalue weighted by molar-refractivity contribution is 5.99. The molecule has 4 rings (SSSR count). The molecular weight excluding hydrogens is 363 g/mol. The van der Waals surface area contributed by atoms with E-state index in [4.69, 9.17) is 9.47 Å². The van der Waals surface area contributed by atoms with Gasteiger partial charge in [-0.05, 0) is 49.2 Å². The van der Waals surface area contributed by atoms with E-state index in [1.807, 2.05) is 0 Å². The molecule has 0 bridgehead atoms. The summed E-state index contributed by atoms with van der Waals surface area (Å²) in [5.74, 6) is -0.500. The van der Waals surface area contributed by atoms with Gasteiger partial charge in [-0.1, -0.05) is 6.42 Å². The SMILES string of the molecule is O=C(CNC(=O)c1ccc(F)cc1)Nc1ccc2c(c1)OC1(CCCCC1)O2. The van der Waals surface area contributed by atoms with E-state index < -0.39 is 17.5 Å². The molecule has 0 unspecified atom stereocenters. The van der Waals surface area contributed by atoms with E-state index >= 15 is 0 Å². The number of anilines is 1. The van der Waals surface area contributed by atoms with Crippen LogP contribution in [0.4, 0.5) is 10.1 Å². The molecule has 1 aliphatic carbocycles. The van der Waals surface area contributed by atoms with Crippen molar-refractivity contribution in [2.45, 2.75) is 37.9 Å². The second kappa shape index (κ2) is 7.50. The predicted octanol–water partition coefficient (Wildman–Crippen LogP) is 3.63. The van der Waals surface area contributed by atoms with Gasteiger partial charge in [0.25, 0.3) is 11.7 Å². The first-order valence-electron chi connectivity index (χ1n) is 9.39. The second-order valence-corrected chi connectivity index (χ2v) is 7.07. The van der Waals surface area contributed by atoms with Gasteiger partial charge < -0.3 is 20.1 Å². The third kappa shape index (κ3) is 3.93. The minimum Gasteiger partial charge on any atom is -0.448 e. The van der Waals surface area contributed by atoms with Crippen LogP contribution in [0.25, 0.3) is 0 Å². The summed E-state index contributed by atoms with van der Waals surface area (Å²) < 4.78 is 25.0. The number of carbonyl (C=O) groups excluding carboxylic acids is 2. The normalized spacial score (nSPS) is 16.6. The van der Waals surface area contributed by atoms with E-state index in [1.165, 1.54) is 30.7 Å². The van der Waals surface area contributed by atoms with Crippen LogP contribution in [0, 0.1) is 5.82 Å². The van der Waals surface area contributed by atoms with Crippen molar-refractivity contribution in [1.82, 2.24) is 5.32 Å². The molecule has 2 aromatic rings. The molecule has 0 aromatic heterocycles.